The fourth-order valence-electron chi connectivity index (χ4n) is 1.72. The molecule has 4 nitrogen and oxygen atoms in total. The predicted octanol–water partition coefficient (Wildman–Crippen LogP) is 2.54. The molecule has 2 rings (SSSR count). The molecule has 2 N–H and O–H groups in total. The number of nitrogens with zero attached hydrogens (tertiary/aromatic N) is 3. The number of rotatable bonds is 7. The van der Waals surface area contributed by atoms with Crippen molar-refractivity contribution < 1.29 is 0 Å². The van der Waals surface area contributed by atoms with E-state index in [4.69, 9.17) is 5.73 Å². The highest BCUT2D eigenvalue weighted by Gasteiger charge is 2.10. The first-order valence-corrected chi connectivity index (χ1v) is 7.99. The number of thioether (sulfide) groups is 1. The molecule has 0 aliphatic heterocycles. The lowest BCUT2D eigenvalue weighted by atomic mass is 10.4. The zero-order chi connectivity index (χ0) is 12.8. The standard InChI is InChI=1S/C12H18N4S2/c1-2-6-16-11(9-13)14-15-12(16)18-8-5-10-4-3-7-17-10/h3-4,7H,2,5-6,8-9,13H2,1H3. The number of aryl methyl sites for hydroxylation is 1. The normalized spacial score (nSPS) is 11.0. The summed E-state index contributed by atoms with van der Waals surface area (Å²) in [6.07, 6.45) is 2.16. The van der Waals surface area contributed by atoms with Crippen LogP contribution in [0.2, 0.25) is 0 Å². The van der Waals surface area contributed by atoms with Gasteiger partial charge in [0.25, 0.3) is 0 Å². The Hall–Kier alpha value is -0.850. The van der Waals surface area contributed by atoms with Crippen LogP contribution < -0.4 is 5.73 Å². The molecular weight excluding hydrogens is 264 g/mol. The van der Waals surface area contributed by atoms with Crippen LogP contribution in [-0.4, -0.2) is 20.5 Å². The highest BCUT2D eigenvalue weighted by atomic mass is 32.2. The van der Waals surface area contributed by atoms with Gasteiger partial charge in [0.1, 0.15) is 5.82 Å². The van der Waals surface area contributed by atoms with Crippen LogP contribution in [0.15, 0.2) is 22.7 Å². The third-order valence-electron chi connectivity index (χ3n) is 2.58. The Labute approximate surface area is 116 Å². The van der Waals surface area contributed by atoms with Crippen molar-refractivity contribution in [1.82, 2.24) is 14.8 Å². The fourth-order valence-corrected chi connectivity index (χ4v) is 3.52. The van der Waals surface area contributed by atoms with Crippen LogP contribution >= 0.6 is 23.1 Å². The zero-order valence-corrected chi connectivity index (χ0v) is 12.1. The third kappa shape index (κ3) is 3.34. The van der Waals surface area contributed by atoms with Gasteiger partial charge in [0.15, 0.2) is 5.16 Å². The van der Waals surface area contributed by atoms with Crippen molar-refractivity contribution in [1.29, 1.82) is 0 Å². The van der Waals surface area contributed by atoms with Gasteiger partial charge in [-0.1, -0.05) is 24.8 Å². The first-order chi connectivity index (χ1) is 8.85. The van der Waals surface area contributed by atoms with Gasteiger partial charge in [0.05, 0.1) is 6.54 Å². The van der Waals surface area contributed by atoms with Crippen LogP contribution in [0.25, 0.3) is 0 Å². The van der Waals surface area contributed by atoms with Crippen LogP contribution in [0.3, 0.4) is 0 Å². The Morgan fingerprint density at radius 1 is 1.44 bits per heavy atom. The summed E-state index contributed by atoms with van der Waals surface area (Å²) in [4.78, 5) is 1.42. The molecule has 0 saturated carbocycles. The topological polar surface area (TPSA) is 56.7 Å². The first-order valence-electron chi connectivity index (χ1n) is 6.12. The molecule has 0 aliphatic rings. The summed E-state index contributed by atoms with van der Waals surface area (Å²) in [5, 5.41) is 11.5. The second-order valence-electron chi connectivity index (χ2n) is 3.93. The Morgan fingerprint density at radius 2 is 2.33 bits per heavy atom. The molecule has 0 atom stereocenters. The number of thiophene rings is 1. The van der Waals surface area contributed by atoms with E-state index in [2.05, 4.69) is 39.2 Å². The number of hydrogen-bond acceptors (Lipinski definition) is 5. The molecule has 0 saturated heterocycles. The second-order valence-corrected chi connectivity index (χ2v) is 6.03. The minimum absolute atomic E-state index is 0.457. The third-order valence-corrected chi connectivity index (χ3v) is 4.49. The van der Waals surface area contributed by atoms with E-state index >= 15 is 0 Å². The molecule has 0 aliphatic carbocycles. The van der Waals surface area contributed by atoms with Crippen LogP contribution in [0, 0.1) is 0 Å². The summed E-state index contributed by atoms with van der Waals surface area (Å²) in [7, 11) is 0. The van der Waals surface area contributed by atoms with Crippen LogP contribution in [0.4, 0.5) is 0 Å². The van der Waals surface area contributed by atoms with Gasteiger partial charge in [-0.15, -0.1) is 21.5 Å². The lowest BCUT2D eigenvalue weighted by Crippen LogP contribution is -2.09. The average molecular weight is 282 g/mol. The molecule has 18 heavy (non-hydrogen) atoms. The Morgan fingerprint density at radius 3 is 3.00 bits per heavy atom. The summed E-state index contributed by atoms with van der Waals surface area (Å²) in [5.74, 6) is 1.92. The van der Waals surface area contributed by atoms with Gasteiger partial charge in [0, 0.05) is 17.2 Å². The van der Waals surface area contributed by atoms with Gasteiger partial charge in [-0.25, -0.2) is 0 Å². The molecule has 0 bridgehead atoms. The maximum Gasteiger partial charge on any atom is 0.191 e. The average Bonchev–Trinajstić information content (AvgIpc) is 3.00. The summed E-state index contributed by atoms with van der Waals surface area (Å²) in [6, 6.07) is 4.27. The quantitative estimate of drug-likeness (QED) is 0.793. The highest BCUT2D eigenvalue weighted by molar-refractivity contribution is 7.99. The van der Waals surface area contributed by atoms with Crippen LogP contribution in [-0.2, 0) is 19.5 Å². The van der Waals surface area contributed by atoms with E-state index in [1.807, 2.05) is 0 Å². The number of aromatic nitrogens is 3. The van der Waals surface area contributed by atoms with Gasteiger partial charge in [0.2, 0.25) is 0 Å². The first kappa shape index (κ1) is 13.6. The van der Waals surface area contributed by atoms with Crippen molar-refractivity contribution in [2.45, 2.75) is 38.0 Å². The maximum atomic E-state index is 5.67. The van der Waals surface area contributed by atoms with Gasteiger partial charge in [-0.05, 0) is 24.3 Å². The highest BCUT2D eigenvalue weighted by Crippen LogP contribution is 2.20. The molecule has 0 radical (unpaired) electrons. The van der Waals surface area contributed by atoms with Crippen molar-refractivity contribution >= 4 is 23.1 Å². The SMILES string of the molecule is CCCn1c(CN)nnc1SCCc1cccs1. The maximum absolute atomic E-state index is 5.67. The Balaban J connectivity index is 1.94. The van der Waals surface area contributed by atoms with Gasteiger partial charge in [-0.2, -0.15) is 0 Å². The summed E-state index contributed by atoms with van der Waals surface area (Å²) in [5.41, 5.74) is 5.67. The smallest absolute Gasteiger partial charge is 0.191 e. The molecule has 2 aromatic rings. The van der Waals surface area contributed by atoms with E-state index in [9.17, 15) is 0 Å². The lowest BCUT2D eigenvalue weighted by molar-refractivity contribution is 0.592. The van der Waals surface area contributed by atoms with Crippen molar-refractivity contribution in [3.8, 4) is 0 Å². The molecule has 0 unspecified atom stereocenters. The van der Waals surface area contributed by atoms with Gasteiger partial charge >= 0.3 is 0 Å². The summed E-state index contributed by atoms with van der Waals surface area (Å²) < 4.78 is 2.14. The summed E-state index contributed by atoms with van der Waals surface area (Å²) in [6.45, 7) is 3.56. The molecular formula is C12H18N4S2. The van der Waals surface area contributed by atoms with Gasteiger partial charge in [-0.3, -0.25) is 0 Å². The van der Waals surface area contributed by atoms with E-state index in [1.54, 1.807) is 23.1 Å². The molecule has 2 heterocycles. The van der Waals surface area contributed by atoms with Crippen molar-refractivity contribution in [3.05, 3.63) is 28.2 Å². The Kier molecular flexibility index (Phi) is 5.22. The minimum Gasteiger partial charge on any atom is -0.324 e. The number of nitrogens with two attached hydrogens (primary N) is 1. The van der Waals surface area contributed by atoms with Crippen molar-refractivity contribution in [2.24, 2.45) is 5.73 Å². The van der Waals surface area contributed by atoms with Crippen LogP contribution in [0.5, 0.6) is 0 Å². The van der Waals surface area contributed by atoms with E-state index < -0.39 is 0 Å². The summed E-state index contributed by atoms with van der Waals surface area (Å²) >= 11 is 3.57. The van der Waals surface area contributed by atoms with E-state index in [-0.39, 0.29) is 0 Å². The molecule has 6 heteroatoms. The predicted molar refractivity (Wildman–Crippen MR) is 77.0 cm³/mol. The van der Waals surface area contributed by atoms with E-state index in [0.717, 1.165) is 36.1 Å². The molecule has 0 fully saturated rings. The van der Waals surface area contributed by atoms with Crippen LogP contribution in [0.1, 0.15) is 24.0 Å². The van der Waals surface area contributed by atoms with Crippen molar-refractivity contribution in [2.75, 3.05) is 5.75 Å². The molecule has 0 amide bonds. The molecule has 98 valence electrons. The second kappa shape index (κ2) is 6.92. The fraction of sp³-hybridized carbons (Fsp3) is 0.500. The number of hydrogen-bond donors (Lipinski definition) is 1. The van der Waals surface area contributed by atoms with Gasteiger partial charge < -0.3 is 10.3 Å². The lowest BCUT2D eigenvalue weighted by Gasteiger charge is -2.06. The Bertz CT molecular complexity index is 464. The molecule has 0 aromatic carbocycles. The molecule has 2 aromatic heterocycles. The minimum atomic E-state index is 0.457. The largest absolute Gasteiger partial charge is 0.324 e. The molecule has 0 spiro atoms. The zero-order valence-electron chi connectivity index (χ0n) is 10.5. The van der Waals surface area contributed by atoms with E-state index in [1.165, 1.54) is 4.88 Å². The van der Waals surface area contributed by atoms with E-state index in [0.29, 0.717) is 6.54 Å². The monoisotopic (exact) mass is 282 g/mol. The van der Waals surface area contributed by atoms with Crippen molar-refractivity contribution in [3.63, 3.8) is 0 Å².